The average Bonchev–Trinajstić information content (AvgIpc) is 3.05. The van der Waals surface area contributed by atoms with Crippen LogP contribution >= 0.6 is 11.6 Å². The first-order valence-corrected chi connectivity index (χ1v) is 16.2. The van der Waals surface area contributed by atoms with Gasteiger partial charge in [0.25, 0.3) is 5.91 Å². The number of fused-ring (bicyclic) bond motifs is 4. The molecule has 4 aliphatic rings. The molecule has 5 atom stereocenters. The minimum absolute atomic E-state index is 0.125. The van der Waals surface area contributed by atoms with Gasteiger partial charge < -0.3 is 14.7 Å². The zero-order chi connectivity index (χ0) is 28.1. The largest absolute Gasteiger partial charge is 0.490 e. The van der Waals surface area contributed by atoms with Gasteiger partial charge in [-0.05, 0) is 93.5 Å². The van der Waals surface area contributed by atoms with E-state index in [-0.39, 0.29) is 22.8 Å². The minimum atomic E-state index is -3.87. The van der Waals surface area contributed by atoms with Gasteiger partial charge in [0.05, 0.1) is 23.6 Å². The maximum absolute atomic E-state index is 13.2. The number of halogens is 1. The number of anilines is 1. The van der Waals surface area contributed by atoms with Crippen LogP contribution in [0.5, 0.6) is 5.75 Å². The van der Waals surface area contributed by atoms with Crippen molar-refractivity contribution in [2.75, 3.05) is 24.6 Å². The van der Waals surface area contributed by atoms with E-state index in [4.69, 9.17) is 16.3 Å². The number of rotatable bonds is 0. The van der Waals surface area contributed by atoms with Crippen molar-refractivity contribution in [1.82, 2.24) is 9.71 Å². The van der Waals surface area contributed by atoms with E-state index in [1.165, 1.54) is 0 Å². The number of aryl methyl sites for hydroxylation is 1. The third-order valence-corrected chi connectivity index (χ3v) is 11.3. The fourth-order valence-corrected chi connectivity index (χ4v) is 7.99. The van der Waals surface area contributed by atoms with Crippen LogP contribution in [-0.4, -0.2) is 55.5 Å². The van der Waals surface area contributed by atoms with Crippen molar-refractivity contribution < 1.29 is 23.1 Å². The molecule has 2 aliphatic heterocycles. The Bertz CT molecular complexity index is 1450. The highest BCUT2D eigenvalue weighted by Gasteiger charge is 2.44. The molecule has 2 bridgehead atoms. The Labute approximate surface area is 240 Å². The molecule has 1 aromatic heterocycles. The highest BCUT2D eigenvalue weighted by atomic mass is 35.5. The number of nitrogens with zero attached hydrogens (tertiary/aromatic N) is 2. The molecule has 2 aromatic rings. The predicted molar refractivity (Wildman–Crippen MR) is 154 cm³/mol. The molecule has 3 heterocycles. The van der Waals surface area contributed by atoms with Crippen LogP contribution in [0.3, 0.4) is 0 Å². The van der Waals surface area contributed by atoms with Crippen LogP contribution in [0, 0.1) is 11.8 Å². The molecule has 2 N–H and O–H groups in total. The van der Waals surface area contributed by atoms with Crippen LogP contribution < -0.4 is 14.4 Å². The molecular formula is C30H36ClN3O5S. The lowest BCUT2D eigenvalue weighted by Crippen LogP contribution is -2.49. The van der Waals surface area contributed by atoms with Gasteiger partial charge in [0.2, 0.25) is 10.0 Å². The second-order valence-electron chi connectivity index (χ2n) is 11.9. The number of aliphatic hydroxyl groups excluding tert-OH is 1. The highest BCUT2D eigenvalue weighted by Crippen LogP contribution is 2.46. The van der Waals surface area contributed by atoms with Crippen LogP contribution in [-0.2, 0) is 21.9 Å². The fourth-order valence-electron chi connectivity index (χ4n) is 6.80. The first-order valence-electron chi connectivity index (χ1n) is 14.2. The number of nitrogens with one attached hydrogen (secondary N) is 1. The van der Waals surface area contributed by atoms with Crippen LogP contribution in [0.4, 0.5) is 5.69 Å². The second kappa shape index (κ2) is 10.7. The number of pyridine rings is 1. The van der Waals surface area contributed by atoms with E-state index in [0.29, 0.717) is 43.4 Å². The van der Waals surface area contributed by atoms with Gasteiger partial charge >= 0.3 is 0 Å². The Morgan fingerprint density at radius 2 is 2.05 bits per heavy atom. The summed E-state index contributed by atoms with van der Waals surface area (Å²) in [5, 5.41) is 10.7. The van der Waals surface area contributed by atoms with Crippen molar-refractivity contribution in [2.45, 2.75) is 68.6 Å². The molecule has 40 heavy (non-hydrogen) atoms. The first-order chi connectivity index (χ1) is 19.1. The number of benzene rings is 1. The molecule has 1 aromatic carbocycles. The summed E-state index contributed by atoms with van der Waals surface area (Å²) in [6.45, 7) is 3.42. The van der Waals surface area contributed by atoms with Gasteiger partial charge in [-0.1, -0.05) is 29.8 Å². The third kappa shape index (κ3) is 5.12. The van der Waals surface area contributed by atoms with Crippen molar-refractivity contribution in [3.05, 3.63) is 64.5 Å². The van der Waals surface area contributed by atoms with Gasteiger partial charge in [-0.25, -0.2) is 18.1 Å². The molecule has 0 radical (unpaired) electrons. The van der Waals surface area contributed by atoms with Gasteiger partial charge in [0.15, 0.2) is 0 Å². The Morgan fingerprint density at radius 1 is 1.20 bits per heavy atom. The number of aromatic nitrogens is 1. The first kappa shape index (κ1) is 27.5. The van der Waals surface area contributed by atoms with Crippen LogP contribution in [0.1, 0.15) is 67.1 Å². The zero-order valence-electron chi connectivity index (χ0n) is 22.7. The van der Waals surface area contributed by atoms with E-state index in [1.807, 2.05) is 18.2 Å². The monoisotopic (exact) mass is 585 g/mol. The van der Waals surface area contributed by atoms with Crippen molar-refractivity contribution in [1.29, 1.82) is 0 Å². The Hall–Kier alpha value is -2.62. The second-order valence-corrected chi connectivity index (χ2v) is 14.4. The van der Waals surface area contributed by atoms with Crippen molar-refractivity contribution >= 4 is 33.2 Å². The number of aliphatic hydroxyl groups is 1. The van der Waals surface area contributed by atoms with Gasteiger partial charge in [-0.3, -0.25) is 4.79 Å². The number of sulfonamides is 1. The number of carbonyl (C=O) groups is 1. The van der Waals surface area contributed by atoms with Crippen molar-refractivity contribution in [3.63, 3.8) is 0 Å². The maximum atomic E-state index is 13.2. The smallest absolute Gasteiger partial charge is 0.264 e. The fraction of sp³-hybridized carbons (Fsp3) is 0.533. The quantitative estimate of drug-likeness (QED) is 0.348. The maximum Gasteiger partial charge on any atom is 0.264 e. The SMILES string of the molecule is C[C@@H]1CC/C=C/[C@H](O)[C@@H]2CC[C@H]2CN2C[C@@]3(CCCc4nc(Cl)ccc43)COc3ccc(cc32)C(=O)NS1(=O)=O. The molecule has 6 rings (SSSR count). The van der Waals surface area contributed by atoms with Crippen LogP contribution in [0.2, 0.25) is 5.15 Å². The molecule has 8 nitrogen and oxygen atoms in total. The summed E-state index contributed by atoms with van der Waals surface area (Å²) >= 11 is 6.26. The summed E-state index contributed by atoms with van der Waals surface area (Å²) < 4.78 is 34.6. The molecule has 2 aliphatic carbocycles. The molecular weight excluding hydrogens is 550 g/mol. The molecule has 1 spiro atoms. The minimum Gasteiger partial charge on any atom is -0.490 e. The Kier molecular flexibility index (Phi) is 7.34. The van der Waals surface area contributed by atoms with E-state index in [1.54, 1.807) is 25.1 Å². The number of hydrogen-bond donors (Lipinski definition) is 2. The molecule has 10 heteroatoms. The number of carbonyl (C=O) groups excluding carboxylic acids is 1. The lowest BCUT2D eigenvalue weighted by Gasteiger charge is -2.45. The number of allylic oxidation sites excluding steroid dienone is 1. The van der Waals surface area contributed by atoms with E-state index in [0.717, 1.165) is 49.0 Å². The average molecular weight is 586 g/mol. The Balaban J connectivity index is 1.42. The van der Waals surface area contributed by atoms with E-state index in [2.05, 4.69) is 20.7 Å². The van der Waals surface area contributed by atoms with Gasteiger partial charge in [-0.15, -0.1) is 0 Å². The number of amides is 1. The summed E-state index contributed by atoms with van der Waals surface area (Å²) in [5.41, 5.74) is 2.88. The van der Waals surface area contributed by atoms with E-state index in [9.17, 15) is 18.3 Å². The standard InChI is InChI=1S/C30H36ClN3O5S/c1-19-5-2-3-7-26(35)22-10-8-21(22)16-34-17-30(14-4-6-24-23(30)11-13-28(31)32-24)18-39-27-12-9-20(15-25(27)34)29(36)33-40(19,37)38/h3,7,9,11-13,15,19,21-22,26,35H,2,4-6,8,10,14,16-18H2,1H3,(H,33,36)/b7-3+/t19-,21+,22-,26+,30+/m1/s1. The van der Waals surface area contributed by atoms with Crippen molar-refractivity contribution in [3.8, 4) is 5.75 Å². The predicted octanol–water partition coefficient (Wildman–Crippen LogP) is 4.39. The van der Waals surface area contributed by atoms with Crippen molar-refractivity contribution in [2.24, 2.45) is 11.8 Å². The molecule has 1 amide bonds. The summed E-state index contributed by atoms with van der Waals surface area (Å²) in [7, 11) is -3.87. The summed E-state index contributed by atoms with van der Waals surface area (Å²) in [6.07, 6.45) is 8.67. The lowest BCUT2D eigenvalue weighted by molar-refractivity contribution is 0.0456. The van der Waals surface area contributed by atoms with Gasteiger partial charge in [0, 0.05) is 29.8 Å². The molecule has 0 saturated heterocycles. The normalized spacial score (nSPS) is 32.5. The summed E-state index contributed by atoms with van der Waals surface area (Å²) in [4.78, 5) is 20.1. The van der Waals surface area contributed by atoms with Gasteiger partial charge in [0.1, 0.15) is 10.9 Å². The number of ether oxygens (including phenoxy) is 1. The molecule has 214 valence electrons. The zero-order valence-corrected chi connectivity index (χ0v) is 24.3. The summed E-state index contributed by atoms with van der Waals surface area (Å²) in [6, 6.07) is 9.07. The van der Waals surface area contributed by atoms with Crippen LogP contribution in [0.15, 0.2) is 42.5 Å². The van der Waals surface area contributed by atoms with E-state index >= 15 is 0 Å². The third-order valence-electron chi connectivity index (χ3n) is 9.35. The lowest BCUT2D eigenvalue weighted by atomic mass is 9.69. The summed E-state index contributed by atoms with van der Waals surface area (Å²) in [5.74, 6) is 0.421. The number of hydrogen-bond acceptors (Lipinski definition) is 7. The molecule has 1 fully saturated rings. The molecule has 1 saturated carbocycles. The van der Waals surface area contributed by atoms with E-state index < -0.39 is 27.3 Å². The van der Waals surface area contributed by atoms with Crippen LogP contribution in [0.25, 0.3) is 0 Å². The van der Waals surface area contributed by atoms with Gasteiger partial charge in [-0.2, -0.15) is 0 Å². The molecule has 0 unspecified atom stereocenters. The highest BCUT2D eigenvalue weighted by molar-refractivity contribution is 7.90. The topological polar surface area (TPSA) is 109 Å². The Morgan fingerprint density at radius 3 is 2.85 bits per heavy atom.